The van der Waals surface area contributed by atoms with Crippen LogP contribution in [0.3, 0.4) is 0 Å². The van der Waals surface area contributed by atoms with Crippen molar-refractivity contribution in [1.82, 2.24) is 5.32 Å². The molecular formula is C14H20F3NO. The van der Waals surface area contributed by atoms with Gasteiger partial charge in [0.2, 0.25) is 0 Å². The molecule has 108 valence electrons. The summed E-state index contributed by atoms with van der Waals surface area (Å²) in [7, 11) is 0. The molecule has 0 spiro atoms. The van der Waals surface area contributed by atoms with Gasteiger partial charge in [-0.05, 0) is 25.5 Å². The average Bonchev–Trinajstić information content (AvgIpc) is 2.30. The molecule has 0 radical (unpaired) electrons. The van der Waals surface area contributed by atoms with Gasteiger partial charge in [-0.25, -0.2) is 0 Å². The lowest BCUT2D eigenvalue weighted by molar-refractivity contribution is -0.175. The summed E-state index contributed by atoms with van der Waals surface area (Å²) in [5.74, 6) is 0. The van der Waals surface area contributed by atoms with Crippen LogP contribution in [0.25, 0.3) is 0 Å². The number of aryl methyl sites for hydroxylation is 1. The van der Waals surface area contributed by atoms with Crippen LogP contribution in [0.15, 0.2) is 24.3 Å². The molecule has 1 rings (SSSR count). The largest absolute Gasteiger partial charge is 0.411 e. The maximum atomic E-state index is 12.0. The smallest absolute Gasteiger partial charge is 0.370 e. The Bertz CT molecular complexity index is 362. The Morgan fingerprint density at radius 1 is 1.21 bits per heavy atom. The highest BCUT2D eigenvalue weighted by Crippen LogP contribution is 2.15. The molecule has 1 N–H and O–H groups in total. The summed E-state index contributed by atoms with van der Waals surface area (Å²) in [6, 6.07) is 7.87. The second kappa shape index (κ2) is 7.50. The number of ether oxygens (including phenoxy) is 1. The molecule has 19 heavy (non-hydrogen) atoms. The van der Waals surface area contributed by atoms with E-state index in [2.05, 4.69) is 5.32 Å². The van der Waals surface area contributed by atoms with Crippen LogP contribution in [-0.4, -0.2) is 32.0 Å². The Morgan fingerprint density at radius 3 is 2.37 bits per heavy atom. The fourth-order valence-electron chi connectivity index (χ4n) is 1.80. The van der Waals surface area contributed by atoms with Crippen LogP contribution in [0.2, 0.25) is 0 Å². The van der Waals surface area contributed by atoms with Crippen molar-refractivity contribution in [1.29, 1.82) is 0 Å². The van der Waals surface area contributed by atoms with Crippen molar-refractivity contribution in [2.24, 2.45) is 0 Å². The third kappa shape index (κ3) is 7.18. The van der Waals surface area contributed by atoms with E-state index in [0.717, 1.165) is 11.1 Å². The highest BCUT2D eigenvalue weighted by Gasteiger charge is 2.27. The Kier molecular flexibility index (Phi) is 6.31. The van der Waals surface area contributed by atoms with Gasteiger partial charge in [0.05, 0.1) is 6.61 Å². The molecule has 1 unspecified atom stereocenters. The maximum absolute atomic E-state index is 12.0. The predicted octanol–water partition coefficient (Wildman–Crippen LogP) is 3.09. The minimum Gasteiger partial charge on any atom is -0.370 e. The second-order valence-electron chi connectivity index (χ2n) is 4.57. The molecule has 0 amide bonds. The molecule has 0 saturated heterocycles. The topological polar surface area (TPSA) is 21.3 Å². The van der Waals surface area contributed by atoms with Crippen molar-refractivity contribution < 1.29 is 17.9 Å². The molecule has 0 saturated carbocycles. The van der Waals surface area contributed by atoms with Gasteiger partial charge in [-0.2, -0.15) is 13.2 Å². The summed E-state index contributed by atoms with van der Waals surface area (Å²) in [6.07, 6.45) is -3.60. The molecular weight excluding hydrogens is 255 g/mol. The number of alkyl halides is 3. The number of likely N-dealkylation sites (N-methyl/N-ethyl adjacent to an activating group) is 1. The number of nitrogens with one attached hydrogen (secondary N) is 1. The standard InChI is InChI=1S/C14H20F3NO/c1-3-18-13(9-19-10-14(15,16)17)8-12-6-4-11(2)5-7-12/h4-7,13,18H,3,8-10H2,1-2H3. The maximum Gasteiger partial charge on any atom is 0.411 e. The van der Waals surface area contributed by atoms with Crippen LogP contribution in [0.5, 0.6) is 0 Å². The van der Waals surface area contributed by atoms with E-state index < -0.39 is 12.8 Å². The first-order valence-electron chi connectivity index (χ1n) is 6.34. The highest BCUT2D eigenvalue weighted by molar-refractivity contribution is 5.22. The van der Waals surface area contributed by atoms with Gasteiger partial charge in [-0.1, -0.05) is 36.8 Å². The highest BCUT2D eigenvalue weighted by atomic mass is 19.4. The number of halogens is 3. The molecule has 0 aromatic heterocycles. The molecule has 0 bridgehead atoms. The van der Waals surface area contributed by atoms with Gasteiger partial charge in [-0.3, -0.25) is 0 Å². The minimum atomic E-state index is -4.26. The summed E-state index contributed by atoms with van der Waals surface area (Å²) in [6.45, 7) is 3.49. The van der Waals surface area contributed by atoms with E-state index in [1.165, 1.54) is 0 Å². The number of benzene rings is 1. The van der Waals surface area contributed by atoms with Gasteiger partial charge in [0.25, 0.3) is 0 Å². The third-order valence-electron chi connectivity index (χ3n) is 2.68. The molecule has 0 aliphatic heterocycles. The molecule has 0 aliphatic carbocycles. The van der Waals surface area contributed by atoms with Crippen LogP contribution in [0, 0.1) is 6.92 Å². The van der Waals surface area contributed by atoms with Gasteiger partial charge in [0.15, 0.2) is 0 Å². The van der Waals surface area contributed by atoms with Gasteiger partial charge in [0, 0.05) is 6.04 Å². The van der Waals surface area contributed by atoms with Crippen LogP contribution < -0.4 is 5.32 Å². The molecule has 1 atom stereocenters. The lowest BCUT2D eigenvalue weighted by Gasteiger charge is -2.18. The first kappa shape index (κ1) is 16.0. The van der Waals surface area contributed by atoms with Crippen molar-refractivity contribution >= 4 is 0 Å². The van der Waals surface area contributed by atoms with E-state index in [4.69, 9.17) is 4.74 Å². The Morgan fingerprint density at radius 2 is 1.84 bits per heavy atom. The SMILES string of the molecule is CCNC(COCC(F)(F)F)Cc1ccc(C)cc1. The number of hydrogen-bond donors (Lipinski definition) is 1. The van der Waals surface area contributed by atoms with E-state index in [0.29, 0.717) is 13.0 Å². The predicted molar refractivity (Wildman–Crippen MR) is 69.2 cm³/mol. The Labute approximate surface area is 112 Å². The number of rotatable bonds is 7. The van der Waals surface area contributed by atoms with Crippen molar-refractivity contribution in [3.05, 3.63) is 35.4 Å². The van der Waals surface area contributed by atoms with Crippen molar-refractivity contribution in [3.8, 4) is 0 Å². The second-order valence-corrected chi connectivity index (χ2v) is 4.57. The Hall–Kier alpha value is -1.07. The van der Waals surface area contributed by atoms with E-state index in [-0.39, 0.29) is 12.6 Å². The molecule has 1 aromatic rings. The van der Waals surface area contributed by atoms with Crippen molar-refractivity contribution in [3.63, 3.8) is 0 Å². The van der Waals surface area contributed by atoms with Gasteiger partial charge in [-0.15, -0.1) is 0 Å². The quantitative estimate of drug-likeness (QED) is 0.825. The lowest BCUT2D eigenvalue weighted by atomic mass is 10.0. The van der Waals surface area contributed by atoms with Crippen LogP contribution >= 0.6 is 0 Å². The molecule has 5 heteroatoms. The van der Waals surface area contributed by atoms with Gasteiger partial charge in [0.1, 0.15) is 6.61 Å². The lowest BCUT2D eigenvalue weighted by Crippen LogP contribution is -2.36. The zero-order valence-corrected chi connectivity index (χ0v) is 11.3. The monoisotopic (exact) mass is 275 g/mol. The zero-order chi connectivity index (χ0) is 14.3. The summed E-state index contributed by atoms with van der Waals surface area (Å²) in [4.78, 5) is 0. The molecule has 0 fully saturated rings. The summed E-state index contributed by atoms with van der Waals surface area (Å²) in [5.41, 5.74) is 2.25. The minimum absolute atomic E-state index is 0.0568. The van der Waals surface area contributed by atoms with Crippen LogP contribution in [-0.2, 0) is 11.2 Å². The van der Waals surface area contributed by atoms with Gasteiger partial charge >= 0.3 is 6.18 Å². The summed E-state index contributed by atoms with van der Waals surface area (Å²) in [5, 5.41) is 3.14. The van der Waals surface area contributed by atoms with E-state index in [1.54, 1.807) is 0 Å². The molecule has 1 aromatic carbocycles. The fraction of sp³-hybridized carbons (Fsp3) is 0.571. The Balaban J connectivity index is 2.45. The first-order valence-corrected chi connectivity index (χ1v) is 6.34. The summed E-state index contributed by atoms with van der Waals surface area (Å²) >= 11 is 0. The fourth-order valence-corrected chi connectivity index (χ4v) is 1.80. The van der Waals surface area contributed by atoms with Crippen LogP contribution in [0.4, 0.5) is 13.2 Å². The van der Waals surface area contributed by atoms with Crippen LogP contribution in [0.1, 0.15) is 18.1 Å². The molecule has 2 nitrogen and oxygen atoms in total. The van der Waals surface area contributed by atoms with Crippen molar-refractivity contribution in [2.45, 2.75) is 32.5 Å². The normalized spacial score (nSPS) is 13.5. The first-order chi connectivity index (χ1) is 8.90. The number of hydrogen-bond acceptors (Lipinski definition) is 2. The average molecular weight is 275 g/mol. The van der Waals surface area contributed by atoms with Gasteiger partial charge < -0.3 is 10.1 Å². The molecule has 0 aliphatic rings. The van der Waals surface area contributed by atoms with E-state index in [1.807, 2.05) is 38.1 Å². The molecule has 0 heterocycles. The third-order valence-corrected chi connectivity index (χ3v) is 2.68. The van der Waals surface area contributed by atoms with Crippen molar-refractivity contribution in [2.75, 3.05) is 19.8 Å². The summed E-state index contributed by atoms with van der Waals surface area (Å²) < 4.78 is 40.8. The van der Waals surface area contributed by atoms with E-state index >= 15 is 0 Å². The zero-order valence-electron chi connectivity index (χ0n) is 11.3. The van der Waals surface area contributed by atoms with E-state index in [9.17, 15) is 13.2 Å².